The number of hydrogen-bond acceptors (Lipinski definition) is 6. The maximum Gasteiger partial charge on any atom is 0.345 e. The zero-order valence-electron chi connectivity index (χ0n) is 16.2. The third kappa shape index (κ3) is 7.39. The number of carbonyl (C=O) groups excluding carboxylic acids is 2. The molecule has 0 saturated carbocycles. The molecule has 0 radical (unpaired) electrons. The van der Waals surface area contributed by atoms with E-state index in [0.717, 1.165) is 5.56 Å². The zero-order valence-corrected chi connectivity index (χ0v) is 18.6. The average molecular weight is 483 g/mol. The van der Waals surface area contributed by atoms with Crippen LogP contribution in [-0.2, 0) is 25.2 Å². The maximum absolute atomic E-state index is 13.1. The van der Waals surface area contributed by atoms with Crippen LogP contribution in [0.25, 0.3) is 0 Å². The highest BCUT2D eigenvalue weighted by Crippen LogP contribution is 2.49. The molecular weight excluding hydrogens is 458 g/mol. The second-order valence-corrected chi connectivity index (χ2v) is 9.15. The number of hydroxylamine groups is 2. The fraction of sp³-hybridized carbons (Fsp3) is 0.529. The van der Waals surface area contributed by atoms with Gasteiger partial charge in [0, 0.05) is 31.3 Å². The Morgan fingerprint density at radius 1 is 1.27 bits per heavy atom. The molecular formula is C17H25Cl2N4O6P. The largest absolute Gasteiger partial charge is 0.460 e. The Morgan fingerprint density at radius 2 is 1.93 bits per heavy atom. The van der Waals surface area contributed by atoms with Crippen molar-refractivity contribution in [3.63, 3.8) is 0 Å². The van der Waals surface area contributed by atoms with Crippen LogP contribution in [0.15, 0.2) is 30.3 Å². The molecule has 1 fully saturated rings. The van der Waals surface area contributed by atoms with E-state index in [2.05, 4.69) is 10.4 Å². The third-order valence-electron chi connectivity index (χ3n) is 4.16. The molecule has 0 bridgehead atoms. The molecule has 2 amide bonds. The second kappa shape index (κ2) is 12.5. The summed E-state index contributed by atoms with van der Waals surface area (Å²) in [7, 11) is -3.55. The van der Waals surface area contributed by atoms with Crippen LogP contribution < -0.4 is 10.4 Å². The molecule has 168 valence electrons. The molecule has 1 aliphatic rings. The minimum absolute atomic E-state index is 0.0411. The third-order valence-corrected chi connectivity index (χ3v) is 6.80. The lowest BCUT2D eigenvalue weighted by Gasteiger charge is -2.39. The normalized spacial score (nSPS) is 21.3. The summed E-state index contributed by atoms with van der Waals surface area (Å²) in [5.41, 5.74) is 0.807. The van der Waals surface area contributed by atoms with Crippen LogP contribution in [-0.4, -0.2) is 71.1 Å². The Bertz CT molecular complexity index is 738. The first-order valence-corrected chi connectivity index (χ1v) is 11.9. The number of ether oxygens (including phenoxy) is 1. The second-order valence-electron chi connectivity index (χ2n) is 6.27. The quantitative estimate of drug-likeness (QED) is 0.153. The Labute approximate surface area is 184 Å². The fourth-order valence-electron chi connectivity index (χ4n) is 2.65. The molecule has 2 atom stereocenters. The summed E-state index contributed by atoms with van der Waals surface area (Å²) in [5, 5.41) is 15.5. The number of esters is 1. The van der Waals surface area contributed by atoms with Gasteiger partial charge >= 0.3 is 19.7 Å². The van der Waals surface area contributed by atoms with Crippen molar-refractivity contribution in [3.8, 4) is 0 Å². The van der Waals surface area contributed by atoms with Gasteiger partial charge in [0.15, 0.2) is 0 Å². The number of nitrogens with one attached hydrogen (secondary N) is 2. The van der Waals surface area contributed by atoms with Crippen LogP contribution >= 0.6 is 30.9 Å². The van der Waals surface area contributed by atoms with Gasteiger partial charge in [-0.25, -0.2) is 14.6 Å². The summed E-state index contributed by atoms with van der Waals surface area (Å²) in [6.45, 7) is 0.167. The number of halogens is 2. The first kappa shape index (κ1) is 24.9. The van der Waals surface area contributed by atoms with Crippen LogP contribution in [0, 0.1) is 0 Å². The smallest absolute Gasteiger partial charge is 0.345 e. The van der Waals surface area contributed by atoms with E-state index in [-0.39, 0.29) is 44.5 Å². The van der Waals surface area contributed by atoms with Crippen molar-refractivity contribution in [1.29, 1.82) is 0 Å². The molecule has 3 N–H and O–H groups in total. The predicted octanol–water partition coefficient (Wildman–Crippen LogP) is 2.35. The molecule has 0 aliphatic carbocycles. The first-order chi connectivity index (χ1) is 14.4. The van der Waals surface area contributed by atoms with E-state index >= 15 is 0 Å². The van der Waals surface area contributed by atoms with Crippen molar-refractivity contribution in [2.45, 2.75) is 19.2 Å². The molecule has 0 spiro atoms. The van der Waals surface area contributed by atoms with Crippen molar-refractivity contribution in [3.05, 3.63) is 35.9 Å². The van der Waals surface area contributed by atoms with Crippen LogP contribution in [0.3, 0.4) is 0 Å². The van der Waals surface area contributed by atoms with Crippen molar-refractivity contribution in [2.24, 2.45) is 0 Å². The Balaban J connectivity index is 1.84. The SMILES string of the molecule is O=C(CNC(=O)N(O)C1CCOP(=O)(N(CCCl)CCCl)N1)OCc1ccccc1. The number of carbonyl (C=O) groups is 2. The minimum atomic E-state index is -3.55. The van der Waals surface area contributed by atoms with Gasteiger partial charge in [0.1, 0.15) is 19.3 Å². The molecule has 2 unspecified atom stereocenters. The van der Waals surface area contributed by atoms with Crippen LogP contribution in [0.5, 0.6) is 0 Å². The summed E-state index contributed by atoms with van der Waals surface area (Å²) < 4.78 is 24.9. The van der Waals surface area contributed by atoms with Gasteiger partial charge in [-0.1, -0.05) is 30.3 Å². The van der Waals surface area contributed by atoms with Gasteiger partial charge in [-0.15, -0.1) is 23.2 Å². The lowest BCUT2D eigenvalue weighted by molar-refractivity contribution is -0.144. The summed E-state index contributed by atoms with van der Waals surface area (Å²) in [5.74, 6) is -0.266. The maximum atomic E-state index is 13.1. The van der Waals surface area contributed by atoms with E-state index < -0.39 is 32.4 Å². The van der Waals surface area contributed by atoms with Gasteiger partial charge in [-0.05, 0) is 5.56 Å². The number of hydrogen-bond donors (Lipinski definition) is 3. The number of benzene rings is 1. The number of nitrogens with zero attached hydrogens (tertiary/aromatic N) is 2. The predicted molar refractivity (Wildman–Crippen MR) is 111 cm³/mol. The highest BCUT2D eigenvalue weighted by molar-refractivity contribution is 7.54. The topological polar surface area (TPSA) is 120 Å². The van der Waals surface area contributed by atoms with Crippen LogP contribution in [0.4, 0.5) is 4.79 Å². The molecule has 1 aliphatic heterocycles. The van der Waals surface area contributed by atoms with Gasteiger partial charge < -0.3 is 14.6 Å². The van der Waals surface area contributed by atoms with Crippen molar-refractivity contribution < 1.29 is 28.6 Å². The van der Waals surface area contributed by atoms with Crippen molar-refractivity contribution in [2.75, 3.05) is 38.0 Å². The molecule has 0 aromatic heterocycles. The van der Waals surface area contributed by atoms with Crippen LogP contribution in [0.2, 0.25) is 0 Å². The summed E-state index contributed by atoms with van der Waals surface area (Å²) in [4.78, 5) is 24.0. The van der Waals surface area contributed by atoms with Crippen molar-refractivity contribution >= 4 is 42.9 Å². The van der Waals surface area contributed by atoms with E-state index in [1.807, 2.05) is 18.2 Å². The lowest BCUT2D eigenvalue weighted by Crippen LogP contribution is -2.54. The van der Waals surface area contributed by atoms with E-state index in [4.69, 9.17) is 32.5 Å². The number of alkyl halides is 2. The molecule has 1 saturated heterocycles. The summed E-state index contributed by atoms with van der Waals surface area (Å²) in [6.07, 6.45) is -0.805. The van der Waals surface area contributed by atoms with Gasteiger partial charge in [0.05, 0.1) is 6.61 Å². The number of urea groups is 1. The molecule has 1 heterocycles. The number of rotatable bonds is 10. The molecule has 10 nitrogen and oxygen atoms in total. The highest BCUT2D eigenvalue weighted by Gasteiger charge is 2.40. The molecule has 13 heteroatoms. The zero-order chi connectivity index (χ0) is 22.0. The van der Waals surface area contributed by atoms with Crippen molar-refractivity contribution in [1.82, 2.24) is 20.1 Å². The monoisotopic (exact) mass is 482 g/mol. The molecule has 1 aromatic rings. The van der Waals surface area contributed by atoms with Gasteiger partial charge in [0.2, 0.25) is 0 Å². The van der Waals surface area contributed by atoms with E-state index in [9.17, 15) is 19.4 Å². The summed E-state index contributed by atoms with van der Waals surface area (Å²) in [6, 6.07) is 8.13. The molecule has 2 rings (SSSR count). The average Bonchev–Trinajstić information content (AvgIpc) is 2.76. The standard InChI is InChI=1S/C17H25Cl2N4O6P/c18-7-9-22(10-8-19)30(27)21-15(6-11-29-30)23(26)17(25)20-12-16(24)28-13-14-4-2-1-3-5-14/h1-5,15,26H,6-13H2,(H,20,25)(H,21,27). The van der Waals surface area contributed by atoms with E-state index in [0.29, 0.717) is 5.06 Å². The highest BCUT2D eigenvalue weighted by atomic mass is 35.5. The Kier molecular flexibility index (Phi) is 10.3. The fourth-order valence-corrected chi connectivity index (χ4v) is 5.39. The Hall–Kier alpha value is -1.39. The molecule has 30 heavy (non-hydrogen) atoms. The van der Waals surface area contributed by atoms with Crippen LogP contribution in [0.1, 0.15) is 12.0 Å². The van der Waals surface area contributed by atoms with Gasteiger partial charge in [-0.3, -0.25) is 14.6 Å². The van der Waals surface area contributed by atoms with E-state index in [1.54, 1.807) is 12.1 Å². The number of amides is 2. The van der Waals surface area contributed by atoms with E-state index in [1.165, 1.54) is 4.67 Å². The minimum Gasteiger partial charge on any atom is -0.460 e. The molecule has 1 aromatic carbocycles. The Morgan fingerprint density at radius 3 is 2.57 bits per heavy atom. The van der Waals surface area contributed by atoms with Gasteiger partial charge in [0.25, 0.3) is 0 Å². The summed E-state index contributed by atoms with van der Waals surface area (Å²) >= 11 is 11.5. The lowest BCUT2D eigenvalue weighted by atomic mass is 10.2. The first-order valence-electron chi connectivity index (χ1n) is 9.25. The van der Waals surface area contributed by atoms with Gasteiger partial charge in [-0.2, -0.15) is 5.06 Å².